The van der Waals surface area contributed by atoms with Crippen molar-refractivity contribution in [3.8, 4) is 17.1 Å². The van der Waals surface area contributed by atoms with Gasteiger partial charge in [0.1, 0.15) is 16.2 Å². The summed E-state index contributed by atoms with van der Waals surface area (Å²) in [6, 6.07) is 20.6. The zero-order valence-corrected chi connectivity index (χ0v) is 22.3. The van der Waals surface area contributed by atoms with Crippen molar-refractivity contribution >= 4 is 44.6 Å². The molecule has 6 rings (SSSR count). The Labute approximate surface area is 228 Å². The summed E-state index contributed by atoms with van der Waals surface area (Å²) in [5, 5.41) is 10.00. The van der Waals surface area contributed by atoms with E-state index in [4.69, 9.17) is 4.98 Å². The highest BCUT2D eigenvalue weighted by Gasteiger charge is 2.58. The van der Waals surface area contributed by atoms with Crippen molar-refractivity contribution in [2.75, 3.05) is 0 Å². The normalized spacial score (nSPS) is 20.5. The van der Waals surface area contributed by atoms with E-state index in [-0.39, 0.29) is 12.2 Å². The van der Waals surface area contributed by atoms with Crippen molar-refractivity contribution in [1.82, 2.24) is 14.5 Å². The summed E-state index contributed by atoms with van der Waals surface area (Å²) in [5.74, 6) is -0.0414. The Hall–Kier alpha value is -3.65. The van der Waals surface area contributed by atoms with Crippen LogP contribution in [0.4, 0.5) is 0 Å². The van der Waals surface area contributed by atoms with Crippen LogP contribution in [0.1, 0.15) is 37.7 Å². The van der Waals surface area contributed by atoms with Gasteiger partial charge in [-0.3, -0.25) is 14.4 Å². The monoisotopic (exact) mass is 570 g/mol. The summed E-state index contributed by atoms with van der Waals surface area (Å²) >= 11 is 3.46. The third-order valence-electron chi connectivity index (χ3n) is 7.79. The van der Waals surface area contributed by atoms with E-state index in [0.29, 0.717) is 0 Å². The van der Waals surface area contributed by atoms with Gasteiger partial charge in [0, 0.05) is 29.6 Å². The highest BCUT2D eigenvalue weighted by molar-refractivity contribution is 9.10. The number of carbonyl (C=O) groups is 2. The minimum Gasteiger partial charge on any atom is -0.480 e. The number of alkyl halides is 1. The number of benzene rings is 2. The molecular weight excluding hydrogens is 544 g/mol. The van der Waals surface area contributed by atoms with E-state index in [1.165, 1.54) is 0 Å². The lowest BCUT2D eigenvalue weighted by molar-refractivity contribution is -0.138. The zero-order valence-electron chi connectivity index (χ0n) is 20.8. The van der Waals surface area contributed by atoms with Crippen molar-refractivity contribution in [2.45, 2.75) is 49.4 Å². The first kappa shape index (κ1) is 24.7. The van der Waals surface area contributed by atoms with Crippen LogP contribution in [0.3, 0.4) is 0 Å². The number of nitrogens with zero attached hydrogens (tertiary/aromatic N) is 4. The number of aromatic nitrogens is 3. The van der Waals surface area contributed by atoms with E-state index in [1.54, 1.807) is 6.20 Å². The molecule has 1 unspecified atom stereocenters. The van der Waals surface area contributed by atoms with Gasteiger partial charge >= 0.3 is 5.97 Å². The van der Waals surface area contributed by atoms with Crippen LogP contribution < -0.4 is 0 Å². The molecule has 192 valence electrons. The highest BCUT2D eigenvalue weighted by Crippen LogP contribution is 2.49. The second-order valence-electron chi connectivity index (χ2n) is 10.1. The zero-order chi connectivity index (χ0) is 26.3. The lowest BCUT2D eigenvalue weighted by Gasteiger charge is -2.47. The van der Waals surface area contributed by atoms with Crippen LogP contribution in [0.25, 0.3) is 28.2 Å². The van der Waals surface area contributed by atoms with Gasteiger partial charge in [0.25, 0.3) is 0 Å². The largest absolute Gasteiger partial charge is 0.480 e. The second kappa shape index (κ2) is 9.91. The number of aliphatic imine (C=N–C) groups is 1. The third kappa shape index (κ3) is 4.17. The molecule has 0 radical (unpaired) electrons. The number of aliphatic carboxylic acids is 1. The molecule has 8 heteroatoms. The molecule has 2 atom stereocenters. The molecule has 0 saturated heterocycles. The van der Waals surface area contributed by atoms with Crippen molar-refractivity contribution in [3.63, 3.8) is 0 Å². The number of fused-ring (bicyclic) bond motifs is 1. The molecule has 38 heavy (non-hydrogen) atoms. The van der Waals surface area contributed by atoms with Crippen LogP contribution in [0.2, 0.25) is 0 Å². The van der Waals surface area contributed by atoms with Gasteiger partial charge in [0.2, 0.25) is 0 Å². The maximum Gasteiger partial charge on any atom is 0.328 e. The predicted molar refractivity (Wildman–Crippen MR) is 150 cm³/mol. The summed E-state index contributed by atoms with van der Waals surface area (Å²) in [4.78, 5) is 38.6. The smallest absolute Gasteiger partial charge is 0.328 e. The fraction of sp³-hybridized carbons (Fsp3) is 0.300. The molecular formula is C30H27BrN4O3. The summed E-state index contributed by atoms with van der Waals surface area (Å²) in [5.41, 5.74) is 4.43. The van der Waals surface area contributed by atoms with Gasteiger partial charge in [-0.15, -0.1) is 0 Å². The van der Waals surface area contributed by atoms with Gasteiger partial charge in [-0.25, -0.2) is 14.8 Å². The van der Waals surface area contributed by atoms with Crippen LogP contribution in [0.5, 0.6) is 0 Å². The predicted octanol–water partition coefficient (Wildman–Crippen LogP) is 5.82. The third-order valence-corrected chi connectivity index (χ3v) is 8.64. The Morgan fingerprint density at radius 1 is 1.05 bits per heavy atom. The van der Waals surface area contributed by atoms with Crippen molar-refractivity contribution in [1.29, 1.82) is 0 Å². The molecule has 2 aromatic carbocycles. The number of rotatable bonds is 6. The van der Waals surface area contributed by atoms with Gasteiger partial charge < -0.3 is 5.11 Å². The molecule has 0 aliphatic heterocycles. The first-order chi connectivity index (χ1) is 18.5. The number of hydrogen-bond acceptors (Lipinski definition) is 5. The number of ketones is 1. The van der Waals surface area contributed by atoms with Gasteiger partial charge in [-0.05, 0) is 42.7 Å². The number of Topliss-reactive ketones (excluding diaryl/α,β-unsaturated/α-hetero) is 1. The minimum atomic E-state index is -0.984. The van der Waals surface area contributed by atoms with Crippen molar-refractivity contribution in [3.05, 3.63) is 78.5 Å². The van der Waals surface area contributed by atoms with Crippen molar-refractivity contribution < 1.29 is 14.7 Å². The molecule has 2 saturated carbocycles. The first-order valence-corrected chi connectivity index (χ1v) is 13.9. The highest BCUT2D eigenvalue weighted by atomic mass is 79.9. The van der Waals surface area contributed by atoms with Gasteiger partial charge in [0.05, 0.1) is 5.41 Å². The molecule has 2 aromatic heterocycles. The fourth-order valence-electron chi connectivity index (χ4n) is 5.80. The van der Waals surface area contributed by atoms with E-state index >= 15 is 0 Å². The van der Waals surface area contributed by atoms with E-state index in [2.05, 4.69) is 25.9 Å². The standard InChI is InChI=1S/C30H27BrN4O3/c31-24-25(30(26(24)36)15-5-2-6-16-30)33-23(29(37)38)18-19-11-13-21(14-12-19)35-27(20-8-3-1-4-9-20)34-22-10-7-17-32-28(22)35/h1,3-4,7-14,17,23-24H,2,5-6,15-16,18H2,(H,37,38)/t23-,24?/m0/s1. The lowest BCUT2D eigenvalue weighted by Crippen LogP contribution is -2.61. The van der Waals surface area contributed by atoms with Crippen molar-refractivity contribution in [2.24, 2.45) is 10.4 Å². The Kier molecular flexibility index (Phi) is 6.43. The molecule has 1 N–H and O–H groups in total. The molecule has 2 aliphatic rings. The minimum absolute atomic E-state index is 0.153. The van der Waals surface area contributed by atoms with E-state index in [0.717, 1.165) is 71.6 Å². The molecule has 0 bridgehead atoms. The molecule has 1 spiro atoms. The SMILES string of the molecule is O=C(O)[C@H](Cc1ccc(-n2c(-c3ccccc3)nc3cccnc32)cc1)N=C1C(Br)C(=O)C12CCCCC2. The first-order valence-electron chi connectivity index (χ1n) is 13.0. The van der Waals surface area contributed by atoms with E-state index in [9.17, 15) is 14.7 Å². The van der Waals surface area contributed by atoms with Crippen LogP contribution in [0, 0.1) is 5.41 Å². The summed E-state index contributed by atoms with van der Waals surface area (Å²) in [6.45, 7) is 0. The number of carboxylic acids is 1. The number of imidazole rings is 1. The number of pyridine rings is 1. The lowest BCUT2D eigenvalue weighted by atomic mass is 9.58. The molecule has 2 aliphatic carbocycles. The Morgan fingerprint density at radius 3 is 2.50 bits per heavy atom. The maximum atomic E-state index is 12.7. The molecule has 2 fully saturated rings. The van der Waals surface area contributed by atoms with E-state index in [1.807, 2.05) is 71.3 Å². The number of hydrogen-bond donors (Lipinski definition) is 1. The van der Waals surface area contributed by atoms with Gasteiger partial charge in [0.15, 0.2) is 17.5 Å². The molecule has 2 heterocycles. The fourth-order valence-corrected chi connectivity index (χ4v) is 6.80. The summed E-state index contributed by atoms with van der Waals surface area (Å²) in [7, 11) is 0. The van der Waals surface area contributed by atoms with Gasteiger partial charge in [-0.1, -0.05) is 77.7 Å². The Bertz CT molecular complexity index is 1540. The Balaban J connectivity index is 1.31. The van der Waals surface area contributed by atoms with Gasteiger partial charge in [-0.2, -0.15) is 0 Å². The van der Waals surface area contributed by atoms with Crippen LogP contribution in [-0.2, 0) is 16.0 Å². The Morgan fingerprint density at radius 2 is 1.79 bits per heavy atom. The topological polar surface area (TPSA) is 97.4 Å². The number of carbonyl (C=O) groups excluding carboxylic acids is 1. The van der Waals surface area contributed by atoms with E-state index < -0.39 is 22.3 Å². The summed E-state index contributed by atoms with van der Waals surface area (Å²) < 4.78 is 2.02. The van der Waals surface area contributed by atoms with Crippen LogP contribution >= 0.6 is 15.9 Å². The maximum absolute atomic E-state index is 12.7. The average Bonchev–Trinajstić information content (AvgIpc) is 3.35. The molecule has 7 nitrogen and oxygen atoms in total. The number of carboxylic acid groups (broad SMARTS) is 1. The van der Waals surface area contributed by atoms with Crippen LogP contribution in [0.15, 0.2) is 77.9 Å². The molecule has 0 amide bonds. The quantitative estimate of drug-likeness (QED) is 0.294. The van der Waals surface area contributed by atoms with Crippen LogP contribution in [-0.4, -0.2) is 48.0 Å². The summed E-state index contributed by atoms with van der Waals surface area (Å²) in [6.07, 6.45) is 6.60. The number of halogens is 1. The molecule has 4 aromatic rings. The average molecular weight is 571 g/mol. The second-order valence-corrected chi connectivity index (χ2v) is 11.0.